The van der Waals surface area contributed by atoms with Crippen LogP contribution in [0.1, 0.15) is 0 Å². The number of fused-ring (bicyclic) bond motifs is 1. The second-order valence-corrected chi connectivity index (χ2v) is 3.26. The van der Waals surface area contributed by atoms with E-state index in [9.17, 15) is 4.79 Å². The van der Waals surface area contributed by atoms with Gasteiger partial charge < -0.3 is 10.1 Å². The van der Waals surface area contributed by atoms with Crippen LogP contribution in [-0.4, -0.2) is 9.55 Å². The van der Waals surface area contributed by atoms with Crippen LogP contribution in [0, 0.1) is 0 Å². The highest BCUT2D eigenvalue weighted by atomic mass is 16.5. The number of aryl methyl sites for hydroxylation is 1. The number of nitrogens with one attached hydrogen (secondary N) is 1. The highest BCUT2D eigenvalue weighted by Gasteiger charge is 2.18. The van der Waals surface area contributed by atoms with Gasteiger partial charge in [0.15, 0.2) is 17.3 Å². The molecule has 5 heteroatoms. The number of rotatable bonds is 2. The molecule has 0 saturated carbocycles. The summed E-state index contributed by atoms with van der Waals surface area (Å²) in [5, 5.41) is 2.96. The zero-order valence-corrected chi connectivity index (χ0v) is 8.86. The van der Waals surface area contributed by atoms with Crippen LogP contribution in [-0.2, 0) is 7.05 Å². The third-order valence-corrected chi connectivity index (χ3v) is 2.18. The molecule has 1 aliphatic heterocycles. The van der Waals surface area contributed by atoms with Gasteiger partial charge in [-0.05, 0) is 12.2 Å². The Labute approximate surface area is 92.4 Å². The summed E-state index contributed by atoms with van der Waals surface area (Å²) in [6.07, 6.45) is 4.72. The standard InChI is InChI=1S/C11H11N3O2/c1-4-7-8(5-2)16-9-6-14(3)11(15)13-10(9)12-7/h4-6H,1-2H2,3H3,(H,12,13,15). The molecule has 2 rings (SSSR count). The second-order valence-electron chi connectivity index (χ2n) is 3.26. The molecule has 5 nitrogen and oxygen atoms in total. The largest absolute Gasteiger partial charge is 0.450 e. The van der Waals surface area contributed by atoms with E-state index in [2.05, 4.69) is 23.5 Å². The fourth-order valence-corrected chi connectivity index (χ4v) is 1.35. The molecule has 0 fully saturated rings. The third-order valence-electron chi connectivity index (χ3n) is 2.18. The van der Waals surface area contributed by atoms with E-state index < -0.39 is 0 Å². The Balaban J connectivity index is 2.54. The minimum absolute atomic E-state index is 0.347. The lowest BCUT2D eigenvalue weighted by molar-refractivity contribution is 0.427. The summed E-state index contributed by atoms with van der Waals surface area (Å²) in [5.41, 5.74) is 0.295. The first-order chi connectivity index (χ1) is 7.65. The van der Waals surface area contributed by atoms with Gasteiger partial charge in [0.2, 0.25) is 0 Å². The first kappa shape index (κ1) is 10.2. The summed E-state index contributed by atoms with van der Waals surface area (Å²) in [4.78, 5) is 15.2. The monoisotopic (exact) mass is 217 g/mol. The van der Waals surface area contributed by atoms with Crippen molar-refractivity contribution in [3.63, 3.8) is 0 Å². The van der Waals surface area contributed by atoms with Gasteiger partial charge in [0, 0.05) is 7.05 Å². The minimum atomic E-state index is -0.347. The van der Waals surface area contributed by atoms with Gasteiger partial charge in [-0.1, -0.05) is 13.2 Å². The maximum Gasteiger partial charge on any atom is 0.349 e. The average molecular weight is 217 g/mol. The van der Waals surface area contributed by atoms with E-state index in [1.165, 1.54) is 4.57 Å². The second kappa shape index (κ2) is 3.69. The molecular weight excluding hydrogens is 206 g/mol. The fraction of sp³-hybridized carbons (Fsp3) is 0.0909. The van der Waals surface area contributed by atoms with Crippen LogP contribution < -0.4 is 15.7 Å². The molecule has 0 aromatic carbocycles. The molecule has 1 aromatic rings. The van der Waals surface area contributed by atoms with E-state index in [0.717, 1.165) is 0 Å². The minimum Gasteiger partial charge on any atom is -0.450 e. The van der Waals surface area contributed by atoms with Crippen molar-refractivity contribution < 1.29 is 4.74 Å². The van der Waals surface area contributed by atoms with Crippen molar-refractivity contribution in [2.24, 2.45) is 7.05 Å². The smallest absolute Gasteiger partial charge is 0.349 e. The highest BCUT2D eigenvalue weighted by molar-refractivity contribution is 5.59. The van der Waals surface area contributed by atoms with Crippen molar-refractivity contribution in [2.75, 3.05) is 5.32 Å². The van der Waals surface area contributed by atoms with Crippen molar-refractivity contribution in [3.05, 3.63) is 53.4 Å². The van der Waals surface area contributed by atoms with Crippen LogP contribution >= 0.6 is 0 Å². The predicted octanol–water partition coefficient (Wildman–Crippen LogP) is 1.17. The Morgan fingerprint density at radius 1 is 1.50 bits per heavy atom. The lowest BCUT2D eigenvalue weighted by Gasteiger charge is -2.20. The van der Waals surface area contributed by atoms with E-state index in [-0.39, 0.29) is 5.69 Å². The lowest BCUT2D eigenvalue weighted by atomic mass is 10.3. The molecule has 1 aromatic heterocycles. The van der Waals surface area contributed by atoms with Crippen molar-refractivity contribution >= 4 is 5.82 Å². The molecule has 0 atom stereocenters. The molecule has 0 bridgehead atoms. The lowest BCUT2D eigenvalue weighted by Crippen LogP contribution is -2.24. The predicted molar refractivity (Wildman–Crippen MR) is 61.1 cm³/mol. The topological polar surface area (TPSA) is 56.2 Å². The Morgan fingerprint density at radius 2 is 2.25 bits per heavy atom. The van der Waals surface area contributed by atoms with Crippen molar-refractivity contribution in [1.29, 1.82) is 0 Å². The Hall–Kier alpha value is -2.30. The number of anilines is 1. The third kappa shape index (κ3) is 1.52. The maximum absolute atomic E-state index is 11.3. The molecule has 0 amide bonds. The Kier molecular flexibility index (Phi) is 2.36. The van der Waals surface area contributed by atoms with Gasteiger partial charge in [-0.25, -0.2) is 4.79 Å². The molecule has 0 radical (unpaired) electrons. The number of hydrogen-bond acceptors (Lipinski definition) is 4. The SMILES string of the molecule is C=CC1=C(C=C)Oc2cn(C)c(=O)nc2N1. The summed E-state index contributed by atoms with van der Waals surface area (Å²) < 4.78 is 6.87. The zero-order chi connectivity index (χ0) is 11.7. The first-order valence-corrected chi connectivity index (χ1v) is 4.67. The summed E-state index contributed by atoms with van der Waals surface area (Å²) in [6.45, 7) is 7.27. The summed E-state index contributed by atoms with van der Waals surface area (Å²) in [6, 6.07) is 0. The average Bonchev–Trinajstić information content (AvgIpc) is 2.29. The first-order valence-electron chi connectivity index (χ1n) is 4.67. The Bertz CT molecular complexity index is 555. The van der Waals surface area contributed by atoms with Crippen LogP contribution in [0.25, 0.3) is 0 Å². The molecular formula is C11H11N3O2. The zero-order valence-electron chi connectivity index (χ0n) is 8.86. The van der Waals surface area contributed by atoms with Gasteiger partial charge in [0.05, 0.1) is 11.9 Å². The van der Waals surface area contributed by atoms with Gasteiger partial charge in [0.1, 0.15) is 0 Å². The number of hydrogen-bond donors (Lipinski definition) is 1. The molecule has 0 aliphatic carbocycles. The van der Waals surface area contributed by atoms with Crippen LogP contribution in [0.4, 0.5) is 5.82 Å². The maximum atomic E-state index is 11.3. The number of nitrogens with zero attached hydrogens (tertiary/aromatic N) is 2. The van der Waals surface area contributed by atoms with Gasteiger partial charge in [-0.3, -0.25) is 4.57 Å². The van der Waals surface area contributed by atoms with Crippen LogP contribution in [0.5, 0.6) is 5.75 Å². The molecule has 1 N–H and O–H groups in total. The summed E-state index contributed by atoms with van der Waals surface area (Å²) >= 11 is 0. The molecule has 2 heterocycles. The fourth-order valence-electron chi connectivity index (χ4n) is 1.35. The number of aromatic nitrogens is 2. The van der Waals surface area contributed by atoms with Gasteiger partial charge in [0.25, 0.3) is 0 Å². The van der Waals surface area contributed by atoms with E-state index in [1.807, 2.05) is 0 Å². The summed E-state index contributed by atoms with van der Waals surface area (Å²) in [5.74, 6) is 1.44. The Morgan fingerprint density at radius 3 is 2.88 bits per heavy atom. The van der Waals surface area contributed by atoms with Gasteiger partial charge >= 0.3 is 5.69 Å². The van der Waals surface area contributed by atoms with E-state index in [1.54, 1.807) is 25.4 Å². The van der Waals surface area contributed by atoms with E-state index >= 15 is 0 Å². The van der Waals surface area contributed by atoms with Gasteiger partial charge in [-0.15, -0.1) is 0 Å². The number of allylic oxidation sites excluding steroid dienone is 2. The molecule has 0 saturated heterocycles. The van der Waals surface area contributed by atoms with Crippen molar-refractivity contribution in [3.8, 4) is 5.75 Å². The van der Waals surface area contributed by atoms with Crippen LogP contribution in [0.2, 0.25) is 0 Å². The number of ether oxygens (including phenoxy) is 1. The molecule has 16 heavy (non-hydrogen) atoms. The molecule has 0 unspecified atom stereocenters. The quantitative estimate of drug-likeness (QED) is 0.807. The molecule has 82 valence electrons. The van der Waals surface area contributed by atoms with Crippen molar-refractivity contribution in [2.45, 2.75) is 0 Å². The van der Waals surface area contributed by atoms with Crippen LogP contribution in [0.3, 0.4) is 0 Å². The van der Waals surface area contributed by atoms with Crippen LogP contribution in [0.15, 0.2) is 47.8 Å². The highest BCUT2D eigenvalue weighted by Crippen LogP contribution is 2.29. The normalized spacial score (nSPS) is 13.6. The van der Waals surface area contributed by atoms with E-state index in [4.69, 9.17) is 4.74 Å². The molecule has 0 spiro atoms. The molecule has 1 aliphatic rings. The van der Waals surface area contributed by atoms with E-state index in [0.29, 0.717) is 23.0 Å². The van der Waals surface area contributed by atoms with Crippen molar-refractivity contribution in [1.82, 2.24) is 9.55 Å². The van der Waals surface area contributed by atoms with Gasteiger partial charge in [-0.2, -0.15) is 4.98 Å². The summed E-state index contributed by atoms with van der Waals surface area (Å²) in [7, 11) is 1.61.